The highest BCUT2D eigenvalue weighted by Gasteiger charge is 2.42. The van der Waals surface area contributed by atoms with Gasteiger partial charge in [0.25, 0.3) is 0 Å². The van der Waals surface area contributed by atoms with E-state index in [4.69, 9.17) is 4.42 Å². The number of carbonyl (C=O) groups excluding carboxylic acids is 2. The van der Waals surface area contributed by atoms with Gasteiger partial charge in [0.1, 0.15) is 17.8 Å². The van der Waals surface area contributed by atoms with Crippen LogP contribution >= 0.6 is 0 Å². The lowest BCUT2D eigenvalue weighted by Gasteiger charge is -2.29. The van der Waals surface area contributed by atoms with Crippen molar-refractivity contribution < 1.29 is 19.1 Å². The van der Waals surface area contributed by atoms with Crippen LogP contribution in [0.3, 0.4) is 0 Å². The number of amides is 2. The van der Waals surface area contributed by atoms with Crippen LogP contribution in [0.4, 0.5) is 0 Å². The largest absolute Gasteiger partial charge is 0.442 e. The summed E-state index contributed by atoms with van der Waals surface area (Å²) in [5.74, 6) is -0.224. The van der Waals surface area contributed by atoms with Crippen molar-refractivity contribution in [2.24, 2.45) is 5.92 Å². The summed E-state index contributed by atoms with van der Waals surface area (Å²) in [5.41, 5.74) is 0.463. The maximum atomic E-state index is 13.2. The average Bonchev–Trinajstić information content (AvgIpc) is 3.33. The van der Waals surface area contributed by atoms with Crippen molar-refractivity contribution in [3.8, 4) is 11.5 Å². The highest BCUT2D eigenvalue weighted by molar-refractivity contribution is 5.89. The number of likely N-dealkylation sites (N-methyl/N-ethyl adjacent to an activating group) is 1. The molecule has 26 heavy (non-hydrogen) atoms. The molecule has 2 aromatic heterocycles. The van der Waals surface area contributed by atoms with Gasteiger partial charge in [0.2, 0.25) is 11.8 Å². The van der Waals surface area contributed by atoms with Gasteiger partial charge >= 0.3 is 0 Å². The monoisotopic (exact) mass is 362 g/mol. The maximum Gasteiger partial charge on any atom is 0.248 e. The molecule has 1 aliphatic rings. The molecule has 1 saturated heterocycles. The predicted octanol–water partition coefficient (Wildman–Crippen LogP) is -0.162. The van der Waals surface area contributed by atoms with Crippen molar-refractivity contribution in [1.29, 1.82) is 0 Å². The van der Waals surface area contributed by atoms with E-state index in [0.29, 0.717) is 11.5 Å². The molecule has 0 aromatic carbocycles. The number of likely N-dealkylation sites (tertiary alicyclic amines) is 1. The summed E-state index contributed by atoms with van der Waals surface area (Å²) in [6.07, 6.45) is 3.91. The number of aliphatic hydroxyl groups is 1. The Hall–Kier alpha value is -2.75. The van der Waals surface area contributed by atoms with Gasteiger partial charge in [-0.3, -0.25) is 9.59 Å². The molecule has 3 rings (SSSR count). The van der Waals surface area contributed by atoms with Gasteiger partial charge in [0.15, 0.2) is 12.2 Å². The number of aliphatic hydroxyl groups excluding tert-OH is 1. The van der Waals surface area contributed by atoms with E-state index in [2.05, 4.69) is 20.6 Å². The molecular formula is C16H22N6O4. The lowest BCUT2D eigenvalue weighted by Crippen LogP contribution is -2.48. The van der Waals surface area contributed by atoms with Crippen molar-refractivity contribution in [3.63, 3.8) is 0 Å². The Balaban J connectivity index is 1.88. The number of carbonyl (C=O) groups is 2. The van der Waals surface area contributed by atoms with Gasteiger partial charge in [-0.25, -0.2) is 9.67 Å². The number of hydrogen-bond donors (Lipinski definition) is 2. The lowest BCUT2D eigenvalue weighted by molar-refractivity contribution is -0.142. The summed E-state index contributed by atoms with van der Waals surface area (Å²) in [7, 11) is 1.51. The number of nitrogens with zero attached hydrogens (tertiary/aromatic N) is 5. The molecule has 10 nitrogen and oxygen atoms in total. The molecule has 0 radical (unpaired) electrons. The van der Waals surface area contributed by atoms with Gasteiger partial charge in [-0.05, 0) is 5.92 Å². The summed E-state index contributed by atoms with van der Waals surface area (Å²) in [6, 6.07) is -1.35. The van der Waals surface area contributed by atoms with E-state index >= 15 is 0 Å². The van der Waals surface area contributed by atoms with Gasteiger partial charge in [-0.15, -0.1) is 5.10 Å². The highest BCUT2D eigenvalue weighted by Crippen LogP contribution is 2.27. The molecule has 0 bridgehead atoms. The number of hydrogen-bond acceptors (Lipinski definition) is 7. The van der Waals surface area contributed by atoms with Crippen LogP contribution in [0.1, 0.15) is 26.3 Å². The molecule has 3 heterocycles. The fraction of sp³-hybridized carbons (Fsp3) is 0.562. The molecule has 0 spiro atoms. The molecule has 2 amide bonds. The third-order valence-corrected chi connectivity index (χ3v) is 4.48. The quantitative estimate of drug-likeness (QED) is 0.756. The Bertz CT molecular complexity index is 772. The fourth-order valence-electron chi connectivity index (χ4n) is 3.21. The predicted molar refractivity (Wildman–Crippen MR) is 89.6 cm³/mol. The van der Waals surface area contributed by atoms with Crippen LogP contribution in [0.25, 0.3) is 11.5 Å². The number of nitrogens with one attached hydrogen (secondary N) is 1. The van der Waals surface area contributed by atoms with Gasteiger partial charge < -0.3 is 19.7 Å². The van der Waals surface area contributed by atoms with Crippen molar-refractivity contribution in [2.45, 2.75) is 38.5 Å². The molecule has 1 aliphatic heterocycles. The van der Waals surface area contributed by atoms with Gasteiger partial charge in [-0.1, -0.05) is 19.1 Å². The first-order valence-electron chi connectivity index (χ1n) is 8.43. The second kappa shape index (κ2) is 7.24. The molecule has 10 heteroatoms. The minimum atomic E-state index is -0.727. The molecule has 0 saturated carbocycles. The van der Waals surface area contributed by atoms with E-state index in [1.807, 2.05) is 13.8 Å². The van der Waals surface area contributed by atoms with E-state index in [1.165, 1.54) is 29.2 Å². The minimum absolute atomic E-state index is 0.102. The molecular weight excluding hydrogens is 340 g/mol. The minimum Gasteiger partial charge on any atom is -0.442 e. The van der Waals surface area contributed by atoms with Crippen LogP contribution in [0.15, 0.2) is 23.2 Å². The van der Waals surface area contributed by atoms with E-state index in [9.17, 15) is 14.7 Å². The summed E-state index contributed by atoms with van der Waals surface area (Å²) in [4.78, 5) is 30.5. The molecule has 0 unspecified atom stereocenters. The Morgan fingerprint density at radius 3 is 2.81 bits per heavy atom. The maximum absolute atomic E-state index is 13.2. The van der Waals surface area contributed by atoms with Gasteiger partial charge in [0.05, 0.1) is 18.5 Å². The zero-order valence-electron chi connectivity index (χ0n) is 14.9. The Morgan fingerprint density at radius 1 is 1.42 bits per heavy atom. The van der Waals surface area contributed by atoms with Crippen LogP contribution in [0.2, 0.25) is 0 Å². The van der Waals surface area contributed by atoms with Crippen LogP contribution in [0.5, 0.6) is 0 Å². The molecule has 1 fully saturated rings. The zero-order chi connectivity index (χ0) is 18.8. The van der Waals surface area contributed by atoms with Gasteiger partial charge in [-0.2, -0.15) is 0 Å². The summed E-state index contributed by atoms with van der Waals surface area (Å²) >= 11 is 0. The first-order valence-corrected chi connectivity index (χ1v) is 8.43. The SMILES string of the molecule is CNC(=O)[C@@H]1C[C@@H](O)CN1C(=O)[C@H](C(C)C)n1cc(-c2cnco2)nn1. The Kier molecular flexibility index (Phi) is 5.03. The smallest absolute Gasteiger partial charge is 0.248 e. The summed E-state index contributed by atoms with van der Waals surface area (Å²) < 4.78 is 6.67. The van der Waals surface area contributed by atoms with E-state index in [0.717, 1.165) is 0 Å². The summed E-state index contributed by atoms with van der Waals surface area (Å²) in [5, 5.41) is 20.6. The molecule has 2 aromatic rings. The Morgan fingerprint density at radius 2 is 2.19 bits per heavy atom. The van der Waals surface area contributed by atoms with Gasteiger partial charge in [0, 0.05) is 20.0 Å². The number of rotatable bonds is 5. The van der Waals surface area contributed by atoms with Crippen molar-refractivity contribution in [1.82, 2.24) is 30.2 Å². The molecule has 0 aliphatic carbocycles. The van der Waals surface area contributed by atoms with Crippen LogP contribution < -0.4 is 5.32 Å². The van der Waals surface area contributed by atoms with Crippen LogP contribution in [-0.2, 0) is 9.59 Å². The topological polar surface area (TPSA) is 126 Å². The van der Waals surface area contributed by atoms with E-state index in [-0.39, 0.29) is 30.7 Å². The standard InChI is InChI=1S/C16H22N6O4/c1-9(2)14(22-7-11(19-20-22)13-5-18-8-26-13)16(25)21-6-10(23)4-12(21)15(24)17-3/h5,7-10,12,14,23H,4,6H2,1-3H3,(H,17,24)/t10-,12+,14+/m1/s1. The third-order valence-electron chi connectivity index (χ3n) is 4.48. The molecule has 3 atom stereocenters. The lowest BCUT2D eigenvalue weighted by atomic mass is 10.0. The van der Waals surface area contributed by atoms with E-state index in [1.54, 1.807) is 6.20 Å². The number of oxazole rings is 1. The third kappa shape index (κ3) is 3.32. The average molecular weight is 362 g/mol. The zero-order valence-corrected chi connectivity index (χ0v) is 14.9. The fourth-order valence-corrected chi connectivity index (χ4v) is 3.21. The van der Waals surface area contributed by atoms with Crippen molar-refractivity contribution >= 4 is 11.8 Å². The molecule has 140 valence electrons. The number of β-amino-alcohol motifs (C(OH)–C–C–N with tert-alkyl or cyclic N) is 1. The highest BCUT2D eigenvalue weighted by atomic mass is 16.3. The van der Waals surface area contributed by atoms with Crippen molar-refractivity contribution in [3.05, 3.63) is 18.8 Å². The van der Waals surface area contributed by atoms with Crippen LogP contribution in [-0.4, -0.2) is 67.5 Å². The second-order valence-corrected chi connectivity index (χ2v) is 6.65. The van der Waals surface area contributed by atoms with E-state index < -0.39 is 18.2 Å². The molecule has 2 N–H and O–H groups in total. The normalized spacial score (nSPS) is 21.2. The first kappa shape index (κ1) is 18.1. The Labute approximate surface area is 150 Å². The van der Waals surface area contributed by atoms with Crippen molar-refractivity contribution in [2.75, 3.05) is 13.6 Å². The van der Waals surface area contributed by atoms with Crippen LogP contribution in [0, 0.1) is 5.92 Å². The number of aromatic nitrogens is 4. The summed E-state index contributed by atoms with van der Waals surface area (Å²) in [6.45, 7) is 3.89. The first-order chi connectivity index (χ1) is 12.4. The second-order valence-electron chi connectivity index (χ2n) is 6.65.